The molecule has 2 amide bonds. The summed E-state index contributed by atoms with van der Waals surface area (Å²) in [5, 5.41) is 11.9. The van der Waals surface area contributed by atoms with Crippen molar-refractivity contribution in [2.24, 2.45) is 0 Å². The van der Waals surface area contributed by atoms with Crippen LogP contribution in [0.3, 0.4) is 0 Å². The second kappa shape index (κ2) is 15.9. The molecule has 3 aromatic carbocycles. The zero-order valence-corrected chi connectivity index (χ0v) is 23.4. The van der Waals surface area contributed by atoms with Crippen LogP contribution in [0.4, 0.5) is 23.7 Å². The van der Waals surface area contributed by atoms with Gasteiger partial charge in [-0.2, -0.15) is 13.2 Å². The number of alkyl halides is 3. The molecule has 0 aliphatic rings. The molecular formula is C30H33F3N2O5S. The Morgan fingerprint density at radius 2 is 1.66 bits per heavy atom. The van der Waals surface area contributed by atoms with E-state index >= 15 is 0 Å². The van der Waals surface area contributed by atoms with Crippen molar-refractivity contribution < 1.29 is 37.3 Å². The van der Waals surface area contributed by atoms with Crippen LogP contribution in [0.1, 0.15) is 24.5 Å². The minimum absolute atomic E-state index is 0.183. The van der Waals surface area contributed by atoms with Gasteiger partial charge in [0, 0.05) is 30.2 Å². The minimum atomic E-state index is -4.46. The number of nitrogens with one attached hydrogen (secondary N) is 1. The number of benzene rings is 3. The first-order valence-corrected chi connectivity index (χ1v) is 14.1. The van der Waals surface area contributed by atoms with Crippen LogP contribution >= 0.6 is 11.8 Å². The van der Waals surface area contributed by atoms with Crippen molar-refractivity contribution >= 4 is 29.4 Å². The van der Waals surface area contributed by atoms with Crippen LogP contribution in [0, 0.1) is 0 Å². The lowest BCUT2D eigenvalue weighted by Gasteiger charge is -2.23. The average Bonchev–Trinajstić information content (AvgIpc) is 2.95. The molecule has 0 fully saturated rings. The number of amides is 2. The first kappa shape index (κ1) is 31.8. The van der Waals surface area contributed by atoms with Crippen molar-refractivity contribution in [2.45, 2.75) is 36.9 Å². The predicted octanol–water partition coefficient (Wildman–Crippen LogP) is 6.83. The zero-order chi connectivity index (χ0) is 29.7. The van der Waals surface area contributed by atoms with Crippen LogP contribution < -0.4 is 10.1 Å². The molecule has 0 aliphatic heterocycles. The topological polar surface area (TPSA) is 88.1 Å². The fraction of sp³-hybridized carbons (Fsp3) is 0.333. The third kappa shape index (κ3) is 11.0. The second-order valence-corrected chi connectivity index (χ2v) is 10.2. The van der Waals surface area contributed by atoms with Crippen molar-refractivity contribution in [3.63, 3.8) is 0 Å². The SMILES string of the molecule is CCOC(Cc1ccc(OCCN(CCCSc2ccccc2)C(=O)Nc2ccc(C(F)(F)F)cc2)cc1)C(=O)O. The monoisotopic (exact) mass is 590 g/mol. The van der Waals surface area contributed by atoms with Gasteiger partial charge in [-0.05, 0) is 73.2 Å². The van der Waals surface area contributed by atoms with Gasteiger partial charge in [-0.3, -0.25) is 0 Å². The van der Waals surface area contributed by atoms with Crippen LogP contribution in [-0.4, -0.2) is 60.2 Å². The summed E-state index contributed by atoms with van der Waals surface area (Å²) in [5.41, 5.74) is 0.252. The number of carboxylic acids is 1. The molecule has 1 unspecified atom stereocenters. The smallest absolute Gasteiger partial charge is 0.416 e. The number of thioether (sulfide) groups is 1. The fourth-order valence-corrected chi connectivity index (χ4v) is 4.71. The van der Waals surface area contributed by atoms with Crippen molar-refractivity contribution in [1.82, 2.24) is 4.90 Å². The van der Waals surface area contributed by atoms with E-state index in [0.29, 0.717) is 25.3 Å². The van der Waals surface area contributed by atoms with E-state index in [0.717, 1.165) is 28.3 Å². The van der Waals surface area contributed by atoms with Crippen LogP contribution in [0.25, 0.3) is 0 Å². The average molecular weight is 591 g/mol. The van der Waals surface area contributed by atoms with E-state index in [1.54, 1.807) is 47.9 Å². The summed E-state index contributed by atoms with van der Waals surface area (Å²) < 4.78 is 49.7. The second-order valence-electron chi connectivity index (χ2n) is 8.99. The van der Waals surface area contributed by atoms with Crippen LogP contribution in [0.15, 0.2) is 83.8 Å². The number of nitrogens with zero attached hydrogens (tertiary/aromatic N) is 1. The summed E-state index contributed by atoms with van der Waals surface area (Å²) in [6.07, 6.45) is -4.47. The highest BCUT2D eigenvalue weighted by molar-refractivity contribution is 7.99. The number of hydrogen-bond donors (Lipinski definition) is 2. The molecule has 3 aromatic rings. The highest BCUT2D eigenvalue weighted by Gasteiger charge is 2.30. The van der Waals surface area contributed by atoms with Crippen LogP contribution in [-0.2, 0) is 22.1 Å². The van der Waals surface area contributed by atoms with Crippen molar-refractivity contribution in [3.8, 4) is 5.75 Å². The molecule has 0 aromatic heterocycles. The Hall–Kier alpha value is -3.70. The minimum Gasteiger partial charge on any atom is -0.492 e. The van der Waals surface area contributed by atoms with E-state index in [2.05, 4.69) is 5.32 Å². The Bertz CT molecular complexity index is 1230. The molecule has 0 radical (unpaired) electrons. The first-order chi connectivity index (χ1) is 19.7. The van der Waals surface area contributed by atoms with Gasteiger partial charge in [0.05, 0.1) is 12.1 Å². The van der Waals surface area contributed by atoms with E-state index in [4.69, 9.17) is 9.47 Å². The van der Waals surface area contributed by atoms with Gasteiger partial charge >= 0.3 is 18.2 Å². The number of ether oxygens (including phenoxy) is 2. The molecule has 0 aliphatic carbocycles. The van der Waals surface area contributed by atoms with Crippen LogP contribution in [0.5, 0.6) is 5.75 Å². The Balaban J connectivity index is 1.56. The van der Waals surface area contributed by atoms with E-state index in [-0.39, 0.29) is 25.3 Å². The third-order valence-electron chi connectivity index (χ3n) is 5.95. The number of carbonyl (C=O) groups excluding carboxylic acids is 1. The van der Waals surface area contributed by atoms with Gasteiger partial charge < -0.3 is 24.8 Å². The van der Waals surface area contributed by atoms with Gasteiger partial charge in [-0.1, -0.05) is 30.3 Å². The molecule has 0 saturated carbocycles. The maximum Gasteiger partial charge on any atom is 0.416 e. The van der Waals surface area contributed by atoms with E-state index in [1.807, 2.05) is 30.3 Å². The summed E-state index contributed by atoms with van der Waals surface area (Å²) in [4.78, 5) is 27.0. The Kier molecular flexibility index (Phi) is 12.4. The highest BCUT2D eigenvalue weighted by Crippen LogP contribution is 2.30. The molecule has 2 N–H and O–H groups in total. The number of carboxylic acid groups (broad SMARTS) is 1. The lowest BCUT2D eigenvalue weighted by molar-refractivity contribution is -0.150. The zero-order valence-electron chi connectivity index (χ0n) is 22.6. The number of urea groups is 1. The molecule has 7 nitrogen and oxygen atoms in total. The van der Waals surface area contributed by atoms with Crippen molar-refractivity contribution in [2.75, 3.05) is 37.4 Å². The summed E-state index contributed by atoms with van der Waals surface area (Å²) in [6, 6.07) is 20.7. The largest absolute Gasteiger partial charge is 0.492 e. The number of aliphatic carboxylic acids is 1. The van der Waals surface area contributed by atoms with Gasteiger partial charge in [0.1, 0.15) is 12.4 Å². The highest BCUT2D eigenvalue weighted by atomic mass is 32.2. The Morgan fingerprint density at radius 3 is 2.27 bits per heavy atom. The third-order valence-corrected chi connectivity index (χ3v) is 7.05. The summed E-state index contributed by atoms with van der Waals surface area (Å²) in [6.45, 7) is 2.88. The van der Waals surface area contributed by atoms with Gasteiger partial charge in [0.2, 0.25) is 0 Å². The summed E-state index contributed by atoms with van der Waals surface area (Å²) >= 11 is 1.67. The lowest BCUT2D eigenvalue weighted by atomic mass is 10.1. The van der Waals surface area contributed by atoms with Gasteiger partial charge in [0.15, 0.2) is 6.10 Å². The van der Waals surface area contributed by atoms with Gasteiger partial charge in [-0.25, -0.2) is 9.59 Å². The normalized spacial score (nSPS) is 12.0. The van der Waals surface area contributed by atoms with Crippen LogP contribution in [0.2, 0.25) is 0 Å². The quantitative estimate of drug-likeness (QED) is 0.149. The maximum atomic E-state index is 13.0. The fourth-order valence-electron chi connectivity index (χ4n) is 3.85. The number of carbonyl (C=O) groups is 2. The number of halogens is 3. The number of hydrogen-bond acceptors (Lipinski definition) is 5. The first-order valence-electron chi connectivity index (χ1n) is 13.1. The molecule has 3 rings (SSSR count). The van der Waals surface area contributed by atoms with E-state index < -0.39 is 29.8 Å². The van der Waals surface area contributed by atoms with E-state index in [1.165, 1.54) is 12.1 Å². The van der Waals surface area contributed by atoms with Gasteiger partial charge in [0.25, 0.3) is 0 Å². The molecule has 1 atom stereocenters. The molecule has 11 heteroatoms. The molecule has 41 heavy (non-hydrogen) atoms. The molecule has 0 heterocycles. The predicted molar refractivity (Wildman–Crippen MR) is 153 cm³/mol. The van der Waals surface area contributed by atoms with Gasteiger partial charge in [-0.15, -0.1) is 11.8 Å². The Labute approximate surface area is 241 Å². The molecule has 220 valence electrons. The Morgan fingerprint density at radius 1 is 0.976 bits per heavy atom. The summed E-state index contributed by atoms with van der Waals surface area (Å²) in [5.74, 6) is 0.305. The lowest BCUT2D eigenvalue weighted by Crippen LogP contribution is -2.38. The molecule has 0 bridgehead atoms. The molecule has 0 spiro atoms. The maximum absolute atomic E-state index is 13.0. The van der Waals surface area contributed by atoms with Crippen molar-refractivity contribution in [1.29, 1.82) is 0 Å². The van der Waals surface area contributed by atoms with E-state index in [9.17, 15) is 27.9 Å². The molecular weight excluding hydrogens is 557 g/mol. The summed E-state index contributed by atoms with van der Waals surface area (Å²) in [7, 11) is 0. The number of anilines is 1. The van der Waals surface area contributed by atoms with Crippen molar-refractivity contribution in [3.05, 3.63) is 90.0 Å². The standard InChI is InChI=1S/C30H33F3N2O5S/c1-2-39-27(28(36)37)21-22-9-15-25(16-10-22)40-19-18-35(17-6-20-41-26-7-4-3-5-8-26)29(38)34-24-13-11-23(12-14-24)30(31,32)33/h3-5,7-16,27H,2,6,17-21H2,1H3,(H,34,38)(H,36,37). The molecule has 0 saturated heterocycles. The number of rotatable bonds is 15.